The van der Waals surface area contributed by atoms with Gasteiger partial charge in [0.05, 0.1) is 10.7 Å². The highest BCUT2D eigenvalue weighted by molar-refractivity contribution is 5.33. The Labute approximate surface area is 65.7 Å². The summed E-state index contributed by atoms with van der Waals surface area (Å²) in [6.45, 7) is 2.12. The number of aromatic amines is 1. The fraction of sp³-hybridized carbons (Fsp3) is 0.444. The van der Waals surface area contributed by atoms with Crippen molar-refractivity contribution < 1.29 is 0 Å². The minimum Gasteiger partial charge on any atom is -0.342 e. The summed E-state index contributed by atoms with van der Waals surface area (Å²) in [5.74, 6) is 1.10. The van der Waals surface area contributed by atoms with Gasteiger partial charge in [0.2, 0.25) is 0 Å². The van der Waals surface area contributed by atoms with E-state index in [2.05, 4.69) is 29.0 Å². The van der Waals surface area contributed by atoms with Crippen LogP contribution in [0.1, 0.15) is 25.6 Å². The van der Waals surface area contributed by atoms with Crippen LogP contribution < -0.4 is 10.7 Å². The van der Waals surface area contributed by atoms with Crippen molar-refractivity contribution in [1.82, 2.24) is 9.97 Å². The smallest absolute Gasteiger partial charge is 0.106 e. The summed E-state index contributed by atoms with van der Waals surface area (Å²) in [6.07, 6.45) is 7.71. The van der Waals surface area contributed by atoms with Gasteiger partial charge < -0.3 is 4.98 Å². The van der Waals surface area contributed by atoms with E-state index in [1.807, 2.05) is 0 Å². The zero-order valence-electron chi connectivity index (χ0n) is 6.72. The average molecular weight is 148 g/mol. The van der Waals surface area contributed by atoms with Crippen LogP contribution in [0.5, 0.6) is 0 Å². The Morgan fingerprint density at radius 1 is 1.45 bits per heavy atom. The lowest BCUT2D eigenvalue weighted by atomic mass is 10.2. The normalized spacial score (nSPS) is 15.0. The maximum absolute atomic E-state index is 4.43. The Morgan fingerprint density at radius 3 is 3.00 bits per heavy atom. The molecule has 1 aliphatic carbocycles. The van der Waals surface area contributed by atoms with Crippen LogP contribution in [0, 0.1) is 0 Å². The zero-order valence-corrected chi connectivity index (χ0v) is 6.72. The molecule has 0 aromatic carbocycles. The molecule has 1 N–H and O–H groups in total. The van der Waals surface area contributed by atoms with Crippen LogP contribution in [0.3, 0.4) is 0 Å². The van der Waals surface area contributed by atoms with Crippen molar-refractivity contribution in [3.05, 3.63) is 16.5 Å². The van der Waals surface area contributed by atoms with Gasteiger partial charge in [0.1, 0.15) is 5.82 Å². The number of aryl methyl sites for hydroxylation is 1. The molecule has 0 saturated carbocycles. The molecule has 1 aromatic heterocycles. The van der Waals surface area contributed by atoms with Crippen molar-refractivity contribution in [2.45, 2.75) is 26.2 Å². The molecule has 2 nitrogen and oxygen atoms in total. The minimum atomic E-state index is 0.995. The lowest BCUT2D eigenvalue weighted by molar-refractivity contribution is 0.981. The molecule has 0 atom stereocenters. The molecule has 0 radical (unpaired) electrons. The van der Waals surface area contributed by atoms with Gasteiger partial charge >= 0.3 is 0 Å². The highest BCUT2D eigenvalue weighted by Crippen LogP contribution is 1.93. The fourth-order valence-corrected chi connectivity index (χ4v) is 1.38. The van der Waals surface area contributed by atoms with Gasteiger partial charge in [-0.1, -0.05) is 19.1 Å². The number of nitrogens with one attached hydrogen (secondary N) is 1. The van der Waals surface area contributed by atoms with Crippen LogP contribution in [0.25, 0.3) is 12.2 Å². The first-order valence-electron chi connectivity index (χ1n) is 4.15. The second-order valence-corrected chi connectivity index (χ2v) is 2.82. The van der Waals surface area contributed by atoms with Gasteiger partial charge in [-0.15, -0.1) is 0 Å². The molecule has 2 rings (SSSR count). The molecular formula is C9H12N2. The van der Waals surface area contributed by atoms with Gasteiger partial charge in [-0.05, 0) is 12.8 Å². The predicted molar refractivity (Wildman–Crippen MR) is 45.4 cm³/mol. The highest BCUT2D eigenvalue weighted by atomic mass is 14.9. The third-order valence-corrected chi connectivity index (χ3v) is 2.00. The fourth-order valence-electron chi connectivity index (χ4n) is 1.38. The summed E-state index contributed by atoms with van der Waals surface area (Å²) in [5, 5.41) is 2.36. The van der Waals surface area contributed by atoms with E-state index >= 15 is 0 Å². The summed E-state index contributed by atoms with van der Waals surface area (Å²) < 4.78 is 0. The maximum atomic E-state index is 4.43. The van der Waals surface area contributed by atoms with E-state index in [4.69, 9.17) is 0 Å². The van der Waals surface area contributed by atoms with Gasteiger partial charge in [0.15, 0.2) is 0 Å². The van der Waals surface area contributed by atoms with E-state index in [-0.39, 0.29) is 0 Å². The lowest BCUT2D eigenvalue weighted by Gasteiger charge is -1.89. The van der Waals surface area contributed by atoms with Crippen molar-refractivity contribution in [3.63, 3.8) is 0 Å². The Hall–Kier alpha value is -1.05. The van der Waals surface area contributed by atoms with E-state index in [1.165, 1.54) is 5.35 Å². The standard InChI is InChI=1S/C9H12N2/c1-2-9-10-7-5-3-4-6-8(7)11-9/h5-6H,2-4H2,1H3,(H,10,11). The molecule has 1 aliphatic rings. The van der Waals surface area contributed by atoms with Gasteiger partial charge in [0, 0.05) is 6.42 Å². The number of rotatable bonds is 1. The number of nitrogens with zero attached hydrogens (tertiary/aromatic N) is 1. The second kappa shape index (κ2) is 2.53. The molecule has 2 heteroatoms. The average Bonchev–Trinajstić information content (AvgIpc) is 2.46. The van der Waals surface area contributed by atoms with Crippen molar-refractivity contribution in [2.75, 3.05) is 0 Å². The summed E-state index contributed by atoms with van der Waals surface area (Å²) in [7, 11) is 0. The first-order valence-corrected chi connectivity index (χ1v) is 4.15. The van der Waals surface area contributed by atoms with Crippen LogP contribution in [0.2, 0.25) is 0 Å². The Kier molecular flexibility index (Phi) is 1.53. The second-order valence-electron chi connectivity index (χ2n) is 2.82. The molecule has 0 bridgehead atoms. The zero-order chi connectivity index (χ0) is 7.68. The lowest BCUT2D eigenvalue weighted by Crippen LogP contribution is -2.26. The van der Waals surface area contributed by atoms with E-state index in [0.29, 0.717) is 0 Å². The highest BCUT2D eigenvalue weighted by Gasteiger charge is 1.98. The van der Waals surface area contributed by atoms with Crippen LogP contribution in [-0.4, -0.2) is 9.97 Å². The van der Waals surface area contributed by atoms with Gasteiger partial charge in [0.25, 0.3) is 0 Å². The number of imidazole rings is 1. The predicted octanol–water partition coefficient (Wildman–Crippen LogP) is 0.327. The molecule has 0 fully saturated rings. The molecule has 0 aliphatic heterocycles. The van der Waals surface area contributed by atoms with Gasteiger partial charge in [-0.3, -0.25) is 0 Å². The summed E-state index contributed by atoms with van der Waals surface area (Å²) >= 11 is 0. The van der Waals surface area contributed by atoms with Crippen LogP contribution in [0.15, 0.2) is 0 Å². The number of hydrogen-bond acceptors (Lipinski definition) is 1. The van der Waals surface area contributed by atoms with Gasteiger partial charge in [-0.25, -0.2) is 4.98 Å². The molecule has 0 spiro atoms. The first-order chi connectivity index (χ1) is 5.40. The number of H-pyrrole nitrogens is 1. The SMILES string of the molecule is CCc1nc2c([nH]1)=CCCC=2. The minimum absolute atomic E-state index is 0.995. The Bertz CT molecular complexity index is 326. The van der Waals surface area contributed by atoms with Crippen LogP contribution in [0.4, 0.5) is 0 Å². The van der Waals surface area contributed by atoms with Crippen molar-refractivity contribution in [1.29, 1.82) is 0 Å². The van der Waals surface area contributed by atoms with Gasteiger partial charge in [-0.2, -0.15) is 0 Å². The third-order valence-electron chi connectivity index (χ3n) is 2.00. The molecule has 0 saturated heterocycles. The molecule has 11 heavy (non-hydrogen) atoms. The molecular weight excluding hydrogens is 136 g/mol. The Morgan fingerprint density at radius 2 is 2.27 bits per heavy atom. The Balaban J connectivity index is 2.66. The largest absolute Gasteiger partial charge is 0.342 e. The van der Waals surface area contributed by atoms with Crippen molar-refractivity contribution in [2.24, 2.45) is 0 Å². The quantitative estimate of drug-likeness (QED) is 0.610. The van der Waals surface area contributed by atoms with Crippen LogP contribution >= 0.6 is 0 Å². The van der Waals surface area contributed by atoms with Crippen molar-refractivity contribution >= 4 is 12.2 Å². The molecule has 58 valence electrons. The number of aromatic nitrogens is 2. The van der Waals surface area contributed by atoms with E-state index in [0.717, 1.165) is 30.4 Å². The van der Waals surface area contributed by atoms with E-state index < -0.39 is 0 Å². The van der Waals surface area contributed by atoms with Crippen LogP contribution in [-0.2, 0) is 6.42 Å². The topological polar surface area (TPSA) is 28.7 Å². The maximum Gasteiger partial charge on any atom is 0.106 e. The molecule has 1 heterocycles. The molecule has 0 amide bonds. The number of fused-ring (bicyclic) bond motifs is 1. The third kappa shape index (κ3) is 1.09. The molecule has 1 aromatic rings. The summed E-state index contributed by atoms with van der Waals surface area (Å²) in [6, 6.07) is 0. The monoisotopic (exact) mass is 148 g/mol. The molecule has 0 unspecified atom stereocenters. The van der Waals surface area contributed by atoms with E-state index in [9.17, 15) is 0 Å². The van der Waals surface area contributed by atoms with Crippen molar-refractivity contribution in [3.8, 4) is 0 Å². The van der Waals surface area contributed by atoms with E-state index in [1.54, 1.807) is 0 Å². The summed E-state index contributed by atoms with van der Waals surface area (Å²) in [5.41, 5.74) is 0. The first kappa shape index (κ1) is 6.65. The summed E-state index contributed by atoms with van der Waals surface area (Å²) in [4.78, 5) is 7.71. The number of hydrogen-bond donors (Lipinski definition) is 1.